The molecule has 0 bridgehead atoms. The second-order valence-electron chi connectivity index (χ2n) is 6.86. The smallest absolute Gasteiger partial charge is 0.239 e. The van der Waals surface area contributed by atoms with Crippen LogP contribution in [0.1, 0.15) is 5.01 Å². The Morgan fingerprint density at radius 3 is 2.67 bits per heavy atom. The first-order valence-electron chi connectivity index (χ1n) is 8.96. The van der Waals surface area contributed by atoms with Crippen molar-refractivity contribution in [1.82, 2.24) is 24.8 Å². The number of carbonyl (C=O) groups excluding carboxylic acids is 1. The van der Waals surface area contributed by atoms with Crippen molar-refractivity contribution in [1.29, 1.82) is 0 Å². The zero-order valence-corrected chi connectivity index (χ0v) is 16.3. The summed E-state index contributed by atoms with van der Waals surface area (Å²) in [4.78, 5) is 31.0. The lowest BCUT2D eigenvalue weighted by molar-refractivity contribution is -0.117. The number of thiazole rings is 1. The van der Waals surface area contributed by atoms with Gasteiger partial charge in [0, 0.05) is 49.5 Å². The van der Waals surface area contributed by atoms with Crippen molar-refractivity contribution in [3.05, 3.63) is 35.7 Å². The van der Waals surface area contributed by atoms with E-state index in [9.17, 15) is 4.79 Å². The van der Waals surface area contributed by atoms with Gasteiger partial charge in [-0.1, -0.05) is 0 Å². The number of amides is 1. The molecular weight excluding hydrogens is 360 g/mol. The van der Waals surface area contributed by atoms with E-state index in [2.05, 4.69) is 43.2 Å². The largest absolute Gasteiger partial charge is 0.310 e. The predicted octanol–water partition coefficient (Wildman–Crippen LogP) is 2.25. The molecule has 8 heteroatoms. The molecule has 4 heterocycles. The predicted molar refractivity (Wildman–Crippen MR) is 108 cm³/mol. The number of hydrogen-bond acceptors (Lipinski definition) is 7. The van der Waals surface area contributed by atoms with Crippen molar-refractivity contribution in [2.24, 2.45) is 0 Å². The van der Waals surface area contributed by atoms with Gasteiger partial charge in [0.2, 0.25) is 5.91 Å². The van der Waals surface area contributed by atoms with Gasteiger partial charge in [-0.05, 0) is 26.1 Å². The number of aryl methyl sites for hydroxylation is 1. The van der Waals surface area contributed by atoms with Crippen molar-refractivity contribution in [3.63, 3.8) is 0 Å². The number of pyridine rings is 2. The monoisotopic (exact) mass is 382 g/mol. The van der Waals surface area contributed by atoms with Crippen molar-refractivity contribution >= 4 is 34.0 Å². The zero-order chi connectivity index (χ0) is 18.8. The molecule has 1 aliphatic rings. The highest BCUT2D eigenvalue weighted by atomic mass is 32.1. The molecule has 1 saturated heterocycles. The minimum absolute atomic E-state index is 0.0337. The molecule has 3 aromatic rings. The molecule has 0 unspecified atom stereocenters. The fourth-order valence-electron chi connectivity index (χ4n) is 3.12. The van der Waals surface area contributed by atoms with Gasteiger partial charge in [0.25, 0.3) is 0 Å². The number of fused-ring (bicyclic) bond motifs is 1. The van der Waals surface area contributed by atoms with E-state index in [1.54, 1.807) is 17.5 Å². The van der Waals surface area contributed by atoms with E-state index in [0.717, 1.165) is 52.5 Å². The summed E-state index contributed by atoms with van der Waals surface area (Å²) in [5.74, 6) is 0.523. The van der Waals surface area contributed by atoms with Crippen LogP contribution in [-0.4, -0.2) is 70.4 Å². The van der Waals surface area contributed by atoms with Crippen LogP contribution in [0.3, 0.4) is 0 Å². The summed E-state index contributed by atoms with van der Waals surface area (Å²) >= 11 is 1.64. The molecule has 0 radical (unpaired) electrons. The second kappa shape index (κ2) is 7.67. The first-order valence-corrected chi connectivity index (χ1v) is 9.78. The number of hydrogen-bond donors (Lipinski definition) is 1. The third kappa shape index (κ3) is 4.29. The van der Waals surface area contributed by atoms with Crippen LogP contribution in [0.25, 0.3) is 21.3 Å². The summed E-state index contributed by atoms with van der Waals surface area (Å²) < 4.78 is 0. The molecule has 7 nitrogen and oxygen atoms in total. The molecule has 0 aromatic carbocycles. The summed E-state index contributed by atoms with van der Waals surface area (Å²) in [6.45, 7) is 6.19. The third-order valence-corrected chi connectivity index (χ3v) is 5.67. The molecule has 1 amide bonds. The minimum Gasteiger partial charge on any atom is -0.310 e. The van der Waals surface area contributed by atoms with Crippen LogP contribution in [0.15, 0.2) is 30.7 Å². The standard InChI is InChI=1S/C19H22N6OS/c1-13-20-11-17(27-13)15-7-14-8-18(22-10-16(14)21-9-15)23-19(26)12-25-5-3-24(2)4-6-25/h7-11H,3-6,12H2,1-2H3,(H,22,23,26). The fraction of sp³-hybridized carbons (Fsp3) is 0.368. The maximum absolute atomic E-state index is 12.4. The van der Waals surface area contributed by atoms with Gasteiger partial charge >= 0.3 is 0 Å². The molecule has 0 saturated carbocycles. The summed E-state index contributed by atoms with van der Waals surface area (Å²) in [6.07, 6.45) is 5.40. The maximum Gasteiger partial charge on any atom is 0.239 e. The first kappa shape index (κ1) is 18.0. The lowest BCUT2D eigenvalue weighted by Crippen LogP contribution is -2.47. The number of carbonyl (C=O) groups is 1. The molecule has 1 N–H and O–H groups in total. The van der Waals surface area contributed by atoms with E-state index in [1.165, 1.54) is 0 Å². The zero-order valence-electron chi connectivity index (χ0n) is 15.5. The van der Waals surface area contributed by atoms with Gasteiger partial charge in [-0.15, -0.1) is 11.3 Å². The van der Waals surface area contributed by atoms with Crippen LogP contribution in [0.4, 0.5) is 5.82 Å². The van der Waals surface area contributed by atoms with Crippen LogP contribution < -0.4 is 5.32 Å². The van der Waals surface area contributed by atoms with Gasteiger partial charge in [-0.3, -0.25) is 14.7 Å². The number of anilines is 1. The summed E-state index contributed by atoms with van der Waals surface area (Å²) in [6, 6.07) is 3.94. The molecule has 1 fully saturated rings. The topological polar surface area (TPSA) is 74.2 Å². The molecule has 0 atom stereocenters. The summed E-state index contributed by atoms with van der Waals surface area (Å²) in [5, 5.41) is 4.89. The number of aromatic nitrogens is 3. The molecule has 27 heavy (non-hydrogen) atoms. The van der Waals surface area contributed by atoms with E-state index in [0.29, 0.717) is 12.4 Å². The highest BCUT2D eigenvalue weighted by molar-refractivity contribution is 7.15. The van der Waals surface area contributed by atoms with Crippen molar-refractivity contribution in [3.8, 4) is 10.4 Å². The maximum atomic E-state index is 12.4. The lowest BCUT2D eigenvalue weighted by atomic mass is 10.2. The van der Waals surface area contributed by atoms with E-state index in [1.807, 2.05) is 25.4 Å². The molecular formula is C19H22N6OS. The number of rotatable bonds is 4. The van der Waals surface area contributed by atoms with Gasteiger partial charge in [0.15, 0.2) is 0 Å². The number of nitrogens with one attached hydrogen (secondary N) is 1. The fourth-order valence-corrected chi connectivity index (χ4v) is 3.88. The molecule has 4 rings (SSSR count). The Morgan fingerprint density at radius 2 is 1.93 bits per heavy atom. The van der Waals surface area contributed by atoms with E-state index in [4.69, 9.17) is 0 Å². The molecule has 3 aromatic heterocycles. The summed E-state index contributed by atoms with van der Waals surface area (Å²) in [5.41, 5.74) is 1.83. The molecule has 0 spiro atoms. The Kier molecular flexibility index (Phi) is 5.11. The average Bonchev–Trinajstić information content (AvgIpc) is 3.09. The molecule has 140 valence electrons. The Hall–Kier alpha value is -2.42. The van der Waals surface area contributed by atoms with Crippen LogP contribution >= 0.6 is 11.3 Å². The normalized spacial score (nSPS) is 15.9. The SMILES string of the molecule is Cc1ncc(-c2cnc3cnc(NC(=O)CN4CCN(C)CC4)cc3c2)s1. The Labute approximate surface area is 162 Å². The number of likely N-dealkylation sites (N-methyl/N-ethyl adjacent to an activating group) is 1. The van der Waals surface area contributed by atoms with Crippen molar-refractivity contribution in [2.75, 3.05) is 45.1 Å². The van der Waals surface area contributed by atoms with Gasteiger partial charge in [0.1, 0.15) is 5.82 Å². The van der Waals surface area contributed by atoms with Gasteiger partial charge < -0.3 is 10.2 Å². The van der Waals surface area contributed by atoms with Crippen LogP contribution in [-0.2, 0) is 4.79 Å². The van der Waals surface area contributed by atoms with E-state index in [-0.39, 0.29) is 5.91 Å². The van der Waals surface area contributed by atoms with Crippen LogP contribution in [0.5, 0.6) is 0 Å². The molecule has 0 aliphatic carbocycles. The number of piperazine rings is 1. The third-order valence-electron chi connectivity index (χ3n) is 4.70. The average molecular weight is 382 g/mol. The molecule has 1 aliphatic heterocycles. The van der Waals surface area contributed by atoms with E-state index >= 15 is 0 Å². The Bertz CT molecular complexity index is 964. The highest BCUT2D eigenvalue weighted by Gasteiger charge is 2.17. The Balaban J connectivity index is 1.48. The summed E-state index contributed by atoms with van der Waals surface area (Å²) in [7, 11) is 2.10. The second-order valence-corrected chi connectivity index (χ2v) is 8.09. The quantitative estimate of drug-likeness (QED) is 0.746. The van der Waals surface area contributed by atoms with E-state index < -0.39 is 0 Å². The lowest BCUT2D eigenvalue weighted by Gasteiger charge is -2.31. The van der Waals surface area contributed by atoms with Crippen LogP contribution in [0, 0.1) is 6.92 Å². The van der Waals surface area contributed by atoms with Gasteiger partial charge in [0.05, 0.1) is 28.1 Å². The van der Waals surface area contributed by atoms with Crippen molar-refractivity contribution in [2.45, 2.75) is 6.92 Å². The van der Waals surface area contributed by atoms with Crippen molar-refractivity contribution < 1.29 is 4.79 Å². The minimum atomic E-state index is -0.0337. The van der Waals surface area contributed by atoms with Gasteiger partial charge in [-0.2, -0.15) is 0 Å². The van der Waals surface area contributed by atoms with Crippen LogP contribution in [0.2, 0.25) is 0 Å². The highest BCUT2D eigenvalue weighted by Crippen LogP contribution is 2.28. The van der Waals surface area contributed by atoms with Gasteiger partial charge in [-0.25, -0.2) is 9.97 Å². The first-order chi connectivity index (χ1) is 13.1. The number of nitrogens with zero attached hydrogens (tertiary/aromatic N) is 5. The Morgan fingerprint density at radius 1 is 1.11 bits per heavy atom.